The van der Waals surface area contributed by atoms with Gasteiger partial charge in [-0.2, -0.15) is 5.10 Å². The number of rotatable bonds is 4. The van der Waals surface area contributed by atoms with E-state index in [0.717, 1.165) is 24.2 Å². The molecule has 83 valence electrons. The molecule has 0 saturated heterocycles. The van der Waals surface area contributed by atoms with E-state index in [9.17, 15) is 0 Å². The number of aromatic amines is 1. The van der Waals surface area contributed by atoms with E-state index in [0.29, 0.717) is 0 Å². The summed E-state index contributed by atoms with van der Waals surface area (Å²) in [5.74, 6) is 0. The van der Waals surface area contributed by atoms with Crippen LogP contribution >= 0.6 is 0 Å². The number of aromatic nitrogens is 2. The van der Waals surface area contributed by atoms with Gasteiger partial charge in [0.25, 0.3) is 0 Å². The van der Waals surface area contributed by atoms with E-state index in [1.807, 2.05) is 30.5 Å². The third-order valence-electron chi connectivity index (χ3n) is 2.54. The third kappa shape index (κ3) is 2.49. The van der Waals surface area contributed by atoms with Crippen LogP contribution in [0.25, 0.3) is 11.3 Å². The summed E-state index contributed by atoms with van der Waals surface area (Å²) in [5.41, 5.74) is 3.46. The number of hydrogen-bond acceptors (Lipinski definition) is 2. The number of likely N-dealkylation sites (N-methyl/N-ethyl adjacent to an activating group) is 1. The van der Waals surface area contributed by atoms with Crippen molar-refractivity contribution < 1.29 is 0 Å². The number of nitrogens with one attached hydrogen (secondary N) is 1. The minimum absolute atomic E-state index is 1.01. The molecular weight excluding hydrogens is 198 g/mol. The Kier molecular flexibility index (Phi) is 3.37. The molecule has 0 saturated carbocycles. The van der Waals surface area contributed by atoms with Gasteiger partial charge < -0.3 is 4.90 Å². The van der Waals surface area contributed by atoms with E-state index in [-0.39, 0.29) is 0 Å². The maximum absolute atomic E-state index is 4.31. The van der Waals surface area contributed by atoms with Gasteiger partial charge in [-0.05, 0) is 32.1 Å². The van der Waals surface area contributed by atoms with E-state index in [1.54, 1.807) is 0 Å². The highest BCUT2D eigenvalue weighted by atomic mass is 15.1. The summed E-state index contributed by atoms with van der Waals surface area (Å²) in [7, 11) is 4.16. The van der Waals surface area contributed by atoms with Crippen LogP contribution in [0.15, 0.2) is 30.5 Å². The van der Waals surface area contributed by atoms with Gasteiger partial charge in [-0.15, -0.1) is 0 Å². The van der Waals surface area contributed by atoms with Crippen molar-refractivity contribution in [3.63, 3.8) is 0 Å². The van der Waals surface area contributed by atoms with E-state index in [2.05, 4.69) is 35.3 Å². The van der Waals surface area contributed by atoms with Crippen LogP contribution in [0.1, 0.15) is 5.56 Å². The Morgan fingerprint density at radius 2 is 2.06 bits per heavy atom. The number of H-pyrrole nitrogens is 1. The number of nitrogens with zero attached hydrogens (tertiary/aromatic N) is 2. The van der Waals surface area contributed by atoms with Crippen molar-refractivity contribution in [3.05, 3.63) is 42.1 Å². The molecule has 3 nitrogen and oxygen atoms in total. The number of benzene rings is 1. The fraction of sp³-hybridized carbons (Fsp3) is 0.308. The van der Waals surface area contributed by atoms with Gasteiger partial charge in [0.1, 0.15) is 0 Å². The Hall–Kier alpha value is -1.61. The Labute approximate surface area is 96.1 Å². The second-order valence-electron chi connectivity index (χ2n) is 4.10. The van der Waals surface area contributed by atoms with Gasteiger partial charge in [0.05, 0.1) is 5.69 Å². The molecule has 0 aliphatic rings. The summed E-state index contributed by atoms with van der Waals surface area (Å²) in [5, 5.41) is 7.25. The van der Waals surface area contributed by atoms with Crippen LogP contribution in [-0.2, 0) is 6.42 Å². The Bertz CT molecular complexity index is 431. The molecule has 0 spiro atoms. The molecule has 1 aromatic carbocycles. The molecular formula is C13H16N3. The van der Waals surface area contributed by atoms with Crippen molar-refractivity contribution in [2.75, 3.05) is 20.6 Å². The molecule has 1 aromatic heterocycles. The molecule has 1 radical (unpaired) electrons. The van der Waals surface area contributed by atoms with Gasteiger partial charge in [-0.3, -0.25) is 5.10 Å². The van der Waals surface area contributed by atoms with Gasteiger partial charge >= 0.3 is 0 Å². The minimum atomic E-state index is 1.01. The third-order valence-corrected chi connectivity index (χ3v) is 2.54. The molecule has 0 amide bonds. The van der Waals surface area contributed by atoms with Crippen molar-refractivity contribution in [1.82, 2.24) is 15.1 Å². The van der Waals surface area contributed by atoms with Crippen LogP contribution in [0.4, 0.5) is 0 Å². The Morgan fingerprint density at radius 3 is 2.75 bits per heavy atom. The maximum atomic E-state index is 4.31. The standard InChI is InChI=1S/C13H16N3/c1-16(2)9-8-12-10-14-15-13(12)11-6-4-3-5-7-11/h4-7,10H,8-9H2,1-2H3,(H,14,15). The quantitative estimate of drug-likeness (QED) is 0.844. The van der Waals surface area contributed by atoms with Gasteiger partial charge in [-0.25, -0.2) is 0 Å². The van der Waals surface area contributed by atoms with Crippen molar-refractivity contribution in [1.29, 1.82) is 0 Å². The molecule has 2 aromatic rings. The first-order chi connectivity index (χ1) is 7.77. The summed E-state index contributed by atoms with van der Waals surface area (Å²) in [6.45, 7) is 1.03. The normalized spacial score (nSPS) is 10.9. The summed E-state index contributed by atoms with van der Waals surface area (Å²) in [6, 6.07) is 10.9. The lowest BCUT2D eigenvalue weighted by Crippen LogP contribution is -2.15. The first-order valence-corrected chi connectivity index (χ1v) is 5.41. The summed E-state index contributed by atoms with van der Waals surface area (Å²) >= 11 is 0. The van der Waals surface area contributed by atoms with E-state index >= 15 is 0 Å². The largest absolute Gasteiger partial charge is 0.309 e. The molecule has 3 heteroatoms. The fourth-order valence-electron chi connectivity index (χ4n) is 1.64. The van der Waals surface area contributed by atoms with Crippen LogP contribution < -0.4 is 0 Å². The van der Waals surface area contributed by atoms with Gasteiger partial charge in [0.2, 0.25) is 0 Å². The highest BCUT2D eigenvalue weighted by Crippen LogP contribution is 2.20. The van der Waals surface area contributed by atoms with Crippen LogP contribution in [0.2, 0.25) is 0 Å². The van der Waals surface area contributed by atoms with Gasteiger partial charge in [-0.1, -0.05) is 24.3 Å². The Balaban J connectivity index is 2.19. The molecule has 2 rings (SSSR count). The smallest absolute Gasteiger partial charge is 0.0953 e. The zero-order chi connectivity index (χ0) is 11.4. The van der Waals surface area contributed by atoms with Crippen molar-refractivity contribution >= 4 is 0 Å². The highest BCUT2D eigenvalue weighted by molar-refractivity contribution is 5.62. The SMILES string of the molecule is CN(C)CCc1c[nH]nc1-c1cc[c]cc1. The van der Waals surface area contributed by atoms with Crippen molar-refractivity contribution in [2.45, 2.75) is 6.42 Å². The first kappa shape index (κ1) is 10.9. The fourth-order valence-corrected chi connectivity index (χ4v) is 1.64. The highest BCUT2D eigenvalue weighted by Gasteiger charge is 2.07. The molecule has 1 N–H and O–H groups in total. The zero-order valence-corrected chi connectivity index (χ0v) is 9.70. The van der Waals surface area contributed by atoms with Crippen molar-refractivity contribution in [2.24, 2.45) is 0 Å². The molecule has 0 aliphatic carbocycles. The molecule has 0 bridgehead atoms. The van der Waals surface area contributed by atoms with Crippen LogP contribution in [0.5, 0.6) is 0 Å². The monoisotopic (exact) mass is 214 g/mol. The Morgan fingerprint density at radius 1 is 1.31 bits per heavy atom. The molecule has 16 heavy (non-hydrogen) atoms. The molecule has 1 heterocycles. The minimum Gasteiger partial charge on any atom is -0.309 e. The lowest BCUT2D eigenvalue weighted by atomic mass is 10.1. The average Bonchev–Trinajstić information content (AvgIpc) is 2.75. The zero-order valence-electron chi connectivity index (χ0n) is 9.70. The lowest BCUT2D eigenvalue weighted by Gasteiger charge is -2.08. The van der Waals surface area contributed by atoms with Crippen molar-refractivity contribution in [3.8, 4) is 11.3 Å². The summed E-state index contributed by atoms with van der Waals surface area (Å²) < 4.78 is 0. The van der Waals surface area contributed by atoms with E-state index < -0.39 is 0 Å². The molecule has 0 atom stereocenters. The molecule has 0 unspecified atom stereocenters. The predicted molar refractivity (Wildman–Crippen MR) is 65.1 cm³/mol. The van der Waals surface area contributed by atoms with E-state index in [1.165, 1.54) is 5.56 Å². The predicted octanol–water partition coefficient (Wildman–Crippen LogP) is 1.98. The summed E-state index contributed by atoms with van der Waals surface area (Å²) in [4.78, 5) is 2.18. The van der Waals surface area contributed by atoms with Crippen LogP contribution in [-0.4, -0.2) is 35.7 Å². The average molecular weight is 214 g/mol. The first-order valence-electron chi connectivity index (χ1n) is 5.41. The second kappa shape index (κ2) is 4.94. The van der Waals surface area contributed by atoms with E-state index in [4.69, 9.17) is 0 Å². The molecule has 0 fully saturated rings. The van der Waals surface area contributed by atoms with Crippen LogP contribution in [0, 0.1) is 6.07 Å². The topological polar surface area (TPSA) is 31.9 Å². The van der Waals surface area contributed by atoms with Gasteiger partial charge in [0, 0.05) is 18.3 Å². The van der Waals surface area contributed by atoms with Crippen LogP contribution in [0.3, 0.4) is 0 Å². The number of hydrogen-bond donors (Lipinski definition) is 1. The molecule has 0 aliphatic heterocycles. The second-order valence-corrected chi connectivity index (χ2v) is 4.10. The van der Waals surface area contributed by atoms with Gasteiger partial charge in [0.15, 0.2) is 0 Å². The summed E-state index contributed by atoms with van der Waals surface area (Å²) in [6.07, 6.45) is 2.99. The lowest BCUT2D eigenvalue weighted by molar-refractivity contribution is 0.414. The maximum Gasteiger partial charge on any atom is 0.0953 e.